The van der Waals surface area contributed by atoms with Crippen molar-refractivity contribution in [3.63, 3.8) is 0 Å². The second kappa shape index (κ2) is 7.68. The third-order valence-corrected chi connectivity index (χ3v) is 4.14. The standard InChI is InChI=1S/C15H23BrN2O2.ClH/c1-15(2,9-17)10-18(3)8-11-6-13-14(7-12(11)16)20-5-4-19-13;/h6-7H,4-5,8-10,17H2,1-3H3;1H. The van der Waals surface area contributed by atoms with Crippen LogP contribution in [0, 0.1) is 5.41 Å². The van der Waals surface area contributed by atoms with E-state index in [1.54, 1.807) is 0 Å². The molecule has 120 valence electrons. The smallest absolute Gasteiger partial charge is 0.162 e. The molecular weight excluding hydrogens is 356 g/mol. The average molecular weight is 380 g/mol. The first-order valence-corrected chi connectivity index (χ1v) is 7.67. The van der Waals surface area contributed by atoms with Gasteiger partial charge in [-0.1, -0.05) is 29.8 Å². The molecule has 0 aromatic heterocycles. The monoisotopic (exact) mass is 378 g/mol. The molecule has 0 radical (unpaired) electrons. The van der Waals surface area contributed by atoms with E-state index in [1.165, 1.54) is 5.56 Å². The van der Waals surface area contributed by atoms with Crippen molar-refractivity contribution in [2.24, 2.45) is 11.1 Å². The van der Waals surface area contributed by atoms with Crippen LogP contribution in [0.1, 0.15) is 19.4 Å². The van der Waals surface area contributed by atoms with Gasteiger partial charge in [-0.25, -0.2) is 0 Å². The lowest BCUT2D eigenvalue weighted by molar-refractivity contribution is 0.170. The van der Waals surface area contributed by atoms with Crippen LogP contribution in [-0.4, -0.2) is 38.3 Å². The molecule has 0 saturated carbocycles. The predicted octanol–water partition coefficient (Wildman–Crippen LogP) is 3.06. The number of fused-ring (bicyclic) bond motifs is 1. The zero-order chi connectivity index (χ0) is 14.8. The fraction of sp³-hybridized carbons (Fsp3) is 0.600. The molecule has 1 heterocycles. The first-order chi connectivity index (χ1) is 9.41. The second-order valence-electron chi connectivity index (χ2n) is 6.13. The fourth-order valence-electron chi connectivity index (χ4n) is 2.37. The highest BCUT2D eigenvalue weighted by Gasteiger charge is 2.20. The maximum absolute atomic E-state index is 5.80. The van der Waals surface area contributed by atoms with Crippen molar-refractivity contribution in [2.75, 3.05) is 33.4 Å². The largest absolute Gasteiger partial charge is 0.486 e. The summed E-state index contributed by atoms with van der Waals surface area (Å²) in [5, 5.41) is 0. The molecule has 0 fully saturated rings. The van der Waals surface area contributed by atoms with E-state index in [2.05, 4.69) is 47.8 Å². The SMILES string of the molecule is CN(Cc1cc2c(cc1Br)OCCO2)CC(C)(C)CN.Cl. The Morgan fingerprint density at radius 3 is 2.38 bits per heavy atom. The van der Waals surface area contributed by atoms with Crippen LogP contribution in [0.4, 0.5) is 0 Å². The molecule has 2 rings (SSSR count). The van der Waals surface area contributed by atoms with Crippen LogP contribution in [0.25, 0.3) is 0 Å². The summed E-state index contributed by atoms with van der Waals surface area (Å²) < 4.78 is 12.3. The van der Waals surface area contributed by atoms with Crippen LogP contribution in [0.2, 0.25) is 0 Å². The number of halogens is 2. The fourth-order valence-corrected chi connectivity index (χ4v) is 2.82. The molecule has 1 aliphatic heterocycles. The molecule has 2 N–H and O–H groups in total. The Labute approximate surface area is 141 Å². The van der Waals surface area contributed by atoms with Crippen molar-refractivity contribution in [1.29, 1.82) is 0 Å². The van der Waals surface area contributed by atoms with Gasteiger partial charge in [0.15, 0.2) is 11.5 Å². The highest BCUT2D eigenvalue weighted by atomic mass is 79.9. The van der Waals surface area contributed by atoms with Gasteiger partial charge in [0.2, 0.25) is 0 Å². The number of hydrogen-bond donors (Lipinski definition) is 1. The Morgan fingerprint density at radius 2 is 1.81 bits per heavy atom. The Balaban J connectivity index is 0.00000220. The van der Waals surface area contributed by atoms with Crippen LogP contribution >= 0.6 is 28.3 Å². The van der Waals surface area contributed by atoms with E-state index in [4.69, 9.17) is 15.2 Å². The van der Waals surface area contributed by atoms with E-state index in [9.17, 15) is 0 Å². The predicted molar refractivity (Wildman–Crippen MR) is 91.5 cm³/mol. The molecule has 1 aliphatic rings. The van der Waals surface area contributed by atoms with Crippen LogP contribution < -0.4 is 15.2 Å². The molecule has 21 heavy (non-hydrogen) atoms. The third-order valence-electron chi connectivity index (χ3n) is 3.40. The molecule has 1 aromatic rings. The lowest BCUT2D eigenvalue weighted by atomic mass is 9.93. The van der Waals surface area contributed by atoms with Gasteiger partial charge in [0.05, 0.1) is 0 Å². The van der Waals surface area contributed by atoms with Crippen LogP contribution in [0.5, 0.6) is 11.5 Å². The Hall–Kier alpha value is -0.490. The van der Waals surface area contributed by atoms with Gasteiger partial charge >= 0.3 is 0 Å². The first kappa shape index (κ1) is 18.6. The Morgan fingerprint density at radius 1 is 1.24 bits per heavy atom. The zero-order valence-corrected chi connectivity index (χ0v) is 15.2. The number of nitrogens with zero attached hydrogens (tertiary/aromatic N) is 1. The molecular formula is C15H24BrClN2O2. The van der Waals surface area contributed by atoms with Crippen LogP contribution in [-0.2, 0) is 6.54 Å². The van der Waals surface area contributed by atoms with Gasteiger partial charge in [0.25, 0.3) is 0 Å². The third kappa shape index (κ3) is 5.02. The Kier molecular flexibility index (Phi) is 6.78. The summed E-state index contributed by atoms with van der Waals surface area (Å²) in [7, 11) is 2.11. The quantitative estimate of drug-likeness (QED) is 0.854. The van der Waals surface area contributed by atoms with Crippen molar-refractivity contribution >= 4 is 28.3 Å². The first-order valence-electron chi connectivity index (χ1n) is 6.88. The lowest BCUT2D eigenvalue weighted by Crippen LogP contribution is -2.36. The van der Waals surface area contributed by atoms with Crippen LogP contribution in [0.15, 0.2) is 16.6 Å². The van der Waals surface area contributed by atoms with Crippen molar-refractivity contribution in [3.05, 3.63) is 22.2 Å². The van der Waals surface area contributed by atoms with Gasteiger partial charge in [0.1, 0.15) is 13.2 Å². The van der Waals surface area contributed by atoms with Crippen molar-refractivity contribution in [2.45, 2.75) is 20.4 Å². The number of rotatable bonds is 5. The highest BCUT2D eigenvalue weighted by Crippen LogP contribution is 2.36. The highest BCUT2D eigenvalue weighted by molar-refractivity contribution is 9.10. The van der Waals surface area contributed by atoms with Gasteiger partial charge < -0.3 is 20.1 Å². The Bertz CT molecular complexity index is 483. The van der Waals surface area contributed by atoms with E-state index in [1.807, 2.05) is 6.07 Å². The topological polar surface area (TPSA) is 47.7 Å². The minimum Gasteiger partial charge on any atom is -0.486 e. The van der Waals surface area contributed by atoms with Crippen molar-refractivity contribution < 1.29 is 9.47 Å². The van der Waals surface area contributed by atoms with Gasteiger partial charge in [0, 0.05) is 17.6 Å². The number of benzene rings is 1. The van der Waals surface area contributed by atoms with E-state index in [0.717, 1.165) is 29.1 Å². The summed E-state index contributed by atoms with van der Waals surface area (Å²) in [6.45, 7) is 8.07. The van der Waals surface area contributed by atoms with E-state index in [0.29, 0.717) is 19.8 Å². The number of nitrogens with two attached hydrogens (primary N) is 1. The van der Waals surface area contributed by atoms with Crippen molar-refractivity contribution in [1.82, 2.24) is 4.90 Å². The van der Waals surface area contributed by atoms with E-state index >= 15 is 0 Å². The maximum Gasteiger partial charge on any atom is 0.162 e. The number of hydrogen-bond acceptors (Lipinski definition) is 4. The van der Waals surface area contributed by atoms with Crippen molar-refractivity contribution in [3.8, 4) is 11.5 Å². The molecule has 0 saturated heterocycles. The molecule has 0 amide bonds. The minimum atomic E-state index is 0. The summed E-state index contributed by atoms with van der Waals surface area (Å²) in [5.41, 5.74) is 7.12. The summed E-state index contributed by atoms with van der Waals surface area (Å²) in [6.07, 6.45) is 0. The molecule has 6 heteroatoms. The molecule has 0 unspecified atom stereocenters. The molecule has 0 bridgehead atoms. The van der Waals surface area contributed by atoms with E-state index < -0.39 is 0 Å². The average Bonchev–Trinajstić information content (AvgIpc) is 2.39. The molecule has 4 nitrogen and oxygen atoms in total. The van der Waals surface area contributed by atoms with Gasteiger partial charge in [-0.3, -0.25) is 0 Å². The van der Waals surface area contributed by atoms with Gasteiger partial charge in [-0.05, 0) is 36.7 Å². The van der Waals surface area contributed by atoms with Gasteiger partial charge in [-0.2, -0.15) is 0 Å². The molecule has 0 aliphatic carbocycles. The molecule has 0 atom stereocenters. The van der Waals surface area contributed by atoms with E-state index in [-0.39, 0.29) is 17.8 Å². The summed E-state index contributed by atoms with van der Waals surface area (Å²) in [4.78, 5) is 2.28. The lowest BCUT2D eigenvalue weighted by Gasteiger charge is -2.29. The summed E-state index contributed by atoms with van der Waals surface area (Å²) in [5.74, 6) is 1.65. The molecule has 1 aromatic carbocycles. The molecule has 0 spiro atoms. The van der Waals surface area contributed by atoms with Crippen LogP contribution in [0.3, 0.4) is 0 Å². The minimum absolute atomic E-state index is 0. The van der Waals surface area contributed by atoms with Gasteiger partial charge in [-0.15, -0.1) is 12.4 Å². The maximum atomic E-state index is 5.80. The summed E-state index contributed by atoms with van der Waals surface area (Å²) in [6, 6.07) is 4.05. The number of ether oxygens (including phenoxy) is 2. The zero-order valence-electron chi connectivity index (χ0n) is 12.8. The summed E-state index contributed by atoms with van der Waals surface area (Å²) >= 11 is 3.61. The second-order valence-corrected chi connectivity index (χ2v) is 6.98. The normalized spacial score (nSPS) is 14.0.